The zero-order chi connectivity index (χ0) is 12.3. The van der Waals surface area contributed by atoms with Crippen LogP contribution in [-0.4, -0.2) is 44.3 Å². The lowest BCUT2D eigenvalue weighted by molar-refractivity contribution is 0.0863. The van der Waals surface area contributed by atoms with Crippen molar-refractivity contribution in [1.29, 1.82) is 0 Å². The van der Waals surface area contributed by atoms with Crippen molar-refractivity contribution in [3.8, 4) is 0 Å². The maximum absolute atomic E-state index is 5.97. The molecule has 0 aromatic carbocycles. The van der Waals surface area contributed by atoms with Crippen LogP contribution in [0.4, 0.5) is 0 Å². The largest absolute Gasteiger partial charge is 0.381 e. The summed E-state index contributed by atoms with van der Waals surface area (Å²) < 4.78 is 5.55. The number of hydrogen-bond donors (Lipinski definition) is 1. The van der Waals surface area contributed by atoms with E-state index < -0.39 is 0 Å². The van der Waals surface area contributed by atoms with Gasteiger partial charge >= 0.3 is 0 Å². The zero-order valence-electron chi connectivity index (χ0n) is 11.5. The highest BCUT2D eigenvalue weighted by Gasteiger charge is 2.36. The summed E-state index contributed by atoms with van der Waals surface area (Å²) in [7, 11) is 2.28. The Morgan fingerprint density at radius 1 is 1.41 bits per heavy atom. The first-order valence-electron chi connectivity index (χ1n) is 7.13. The first-order valence-corrected chi connectivity index (χ1v) is 7.13. The molecule has 1 saturated heterocycles. The van der Waals surface area contributed by atoms with E-state index in [9.17, 15) is 0 Å². The number of hydrogen-bond acceptors (Lipinski definition) is 3. The van der Waals surface area contributed by atoms with Gasteiger partial charge < -0.3 is 15.4 Å². The standard InChI is InChI=1S/C14H28N2O/c1-12-4-3-5-13(8-12)16(2)10-14(9-15)6-7-17-11-14/h12-13H,3-11,15H2,1-2H3. The van der Waals surface area contributed by atoms with Crippen LogP contribution in [0.1, 0.15) is 39.0 Å². The van der Waals surface area contributed by atoms with Gasteiger partial charge in [0, 0.05) is 31.2 Å². The van der Waals surface area contributed by atoms with Crippen molar-refractivity contribution in [2.45, 2.75) is 45.1 Å². The number of rotatable bonds is 4. The first-order chi connectivity index (χ1) is 8.15. The molecule has 0 spiro atoms. The second kappa shape index (κ2) is 5.68. The monoisotopic (exact) mass is 240 g/mol. The van der Waals surface area contributed by atoms with Crippen LogP contribution in [0.15, 0.2) is 0 Å². The topological polar surface area (TPSA) is 38.5 Å². The van der Waals surface area contributed by atoms with Gasteiger partial charge in [-0.15, -0.1) is 0 Å². The molecular formula is C14H28N2O. The van der Waals surface area contributed by atoms with Gasteiger partial charge in [-0.1, -0.05) is 19.8 Å². The fourth-order valence-corrected chi connectivity index (χ4v) is 3.46. The molecule has 0 aromatic rings. The summed E-state index contributed by atoms with van der Waals surface area (Å²) >= 11 is 0. The lowest BCUT2D eigenvalue weighted by atomic mass is 9.83. The molecule has 0 amide bonds. The molecule has 100 valence electrons. The van der Waals surface area contributed by atoms with Crippen molar-refractivity contribution in [1.82, 2.24) is 4.90 Å². The molecule has 0 bridgehead atoms. The van der Waals surface area contributed by atoms with Crippen LogP contribution in [0, 0.1) is 11.3 Å². The van der Waals surface area contributed by atoms with E-state index in [1.54, 1.807) is 0 Å². The minimum atomic E-state index is 0.232. The summed E-state index contributed by atoms with van der Waals surface area (Å²) in [5.74, 6) is 0.893. The van der Waals surface area contributed by atoms with Gasteiger partial charge in [0.25, 0.3) is 0 Å². The van der Waals surface area contributed by atoms with E-state index >= 15 is 0 Å². The van der Waals surface area contributed by atoms with Crippen molar-refractivity contribution in [2.24, 2.45) is 17.1 Å². The van der Waals surface area contributed by atoms with E-state index in [0.29, 0.717) is 0 Å². The average molecular weight is 240 g/mol. The van der Waals surface area contributed by atoms with Crippen molar-refractivity contribution >= 4 is 0 Å². The second-order valence-corrected chi connectivity index (χ2v) is 6.35. The molecule has 3 nitrogen and oxygen atoms in total. The molecule has 1 aliphatic heterocycles. The predicted molar refractivity (Wildman–Crippen MR) is 71.0 cm³/mol. The van der Waals surface area contributed by atoms with Crippen LogP contribution >= 0.6 is 0 Å². The van der Waals surface area contributed by atoms with Crippen LogP contribution in [-0.2, 0) is 4.74 Å². The Bertz CT molecular complexity index is 238. The lowest BCUT2D eigenvalue weighted by Gasteiger charge is -2.39. The number of ether oxygens (including phenoxy) is 1. The Morgan fingerprint density at radius 2 is 2.24 bits per heavy atom. The van der Waals surface area contributed by atoms with Crippen molar-refractivity contribution < 1.29 is 4.74 Å². The summed E-state index contributed by atoms with van der Waals surface area (Å²) in [6, 6.07) is 0.766. The molecule has 3 atom stereocenters. The van der Waals surface area contributed by atoms with Crippen LogP contribution in [0.2, 0.25) is 0 Å². The molecule has 1 heterocycles. The van der Waals surface area contributed by atoms with Gasteiger partial charge in [0.15, 0.2) is 0 Å². The molecule has 2 rings (SSSR count). The Balaban J connectivity index is 1.88. The molecule has 1 aliphatic carbocycles. The predicted octanol–water partition coefficient (Wildman–Crippen LogP) is 1.86. The van der Waals surface area contributed by atoms with Crippen molar-refractivity contribution in [2.75, 3.05) is 33.4 Å². The summed E-state index contributed by atoms with van der Waals surface area (Å²) in [6.07, 6.45) is 6.66. The lowest BCUT2D eigenvalue weighted by Crippen LogP contribution is -2.46. The van der Waals surface area contributed by atoms with Gasteiger partial charge in [0.2, 0.25) is 0 Å². The maximum atomic E-state index is 5.97. The molecular weight excluding hydrogens is 212 g/mol. The van der Waals surface area contributed by atoms with E-state index in [1.807, 2.05) is 0 Å². The van der Waals surface area contributed by atoms with Gasteiger partial charge in [0.1, 0.15) is 0 Å². The molecule has 3 unspecified atom stereocenters. The summed E-state index contributed by atoms with van der Waals surface area (Å²) in [5.41, 5.74) is 6.20. The quantitative estimate of drug-likeness (QED) is 0.815. The van der Waals surface area contributed by atoms with Gasteiger partial charge in [-0.2, -0.15) is 0 Å². The highest BCUT2D eigenvalue weighted by molar-refractivity contribution is 4.89. The Morgan fingerprint density at radius 3 is 2.82 bits per heavy atom. The molecule has 17 heavy (non-hydrogen) atoms. The molecule has 0 radical (unpaired) electrons. The van der Waals surface area contributed by atoms with Gasteiger partial charge in [-0.3, -0.25) is 0 Å². The highest BCUT2D eigenvalue weighted by Crippen LogP contribution is 2.32. The van der Waals surface area contributed by atoms with Crippen LogP contribution in [0.25, 0.3) is 0 Å². The van der Waals surface area contributed by atoms with Gasteiger partial charge in [-0.25, -0.2) is 0 Å². The summed E-state index contributed by atoms with van der Waals surface area (Å²) in [4.78, 5) is 2.55. The molecule has 1 saturated carbocycles. The fourth-order valence-electron chi connectivity index (χ4n) is 3.46. The number of nitrogens with zero attached hydrogens (tertiary/aromatic N) is 1. The van der Waals surface area contributed by atoms with Gasteiger partial charge in [0.05, 0.1) is 6.61 Å². The van der Waals surface area contributed by atoms with Crippen LogP contribution in [0.5, 0.6) is 0 Å². The first kappa shape index (κ1) is 13.3. The summed E-state index contributed by atoms with van der Waals surface area (Å²) in [6.45, 7) is 6.01. The minimum absolute atomic E-state index is 0.232. The molecule has 2 N–H and O–H groups in total. The van der Waals surface area contributed by atoms with Crippen LogP contribution in [0.3, 0.4) is 0 Å². The van der Waals surface area contributed by atoms with E-state index in [1.165, 1.54) is 25.7 Å². The maximum Gasteiger partial charge on any atom is 0.0547 e. The van der Waals surface area contributed by atoms with E-state index in [4.69, 9.17) is 10.5 Å². The smallest absolute Gasteiger partial charge is 0.0547 e. The second-order valence-electron chi connectivity index (χ2n) is 6.35. The highest BCUT2D eigenvalue weighted by atomic mass is 16.5. The molecule has 3 heteroatoms. The summed E-state index contributed by atoms with van der Waals surface area (Å²) in [5, 5.41) is 0. The normalized spacial score (nSPS) is 38.8. The fraction of sp³-hybridized carbons (Fsp3) is 1.00. The van der Waals surface area contributed by atoms with E-state index in [2.05, 4.69) is 18.9 Å². The van der Waals surface area contributed by atoms with E-state index in [-0.39, 0.29) is 5.41 Å². The third-order valence-corrected chi connectivity index (χ3v) is 4.73. The Hall–Kier alpha value is -0.120. The SMILES string of the molecule is CC1CCCC(N(C)CC2(CN)CCOC2)C1. The molecule has 0 aromatic heterocycles. The van der Waals surface area contributed by atoms with Crippen molar-refractivity contribution in [3.63, 3.8) is 0 Å². The zero-order valence-corrected chi connectivity index (χ0v) is 11.5. The third kappa shape index (κ3) is 3.21. The average Bonchev–Trinajstić information content (AvgIpc) is 2.78. The molecule has 2 fully saturated rings. The third-order valence-electron chi connectivity index (χ3n) is 4.73. The van der Waals surface area contributed by atoms with Crippen molar-refractivity contribution in [3.05, 3.63) is 0 Å². The minimum Gasteiger partial charge on any atom is -0.381 e. The van der Waals surface area contributed by atoms with Crippen LogP contribution < -0.4 is 5.73 Å². The Kier molecular flexibility index (Phi) is 4.45. The van der Waals surface area contributed by atoms with E-state index in [0.717, 1.165) is 44.7 Å². The van der Waals surface area contributed by atoms with Gasteiger partial charge in [-0.05, 0) is 32.2 Å². The number of nitrogens with two attached hydrogens (primary N) is 1. The molecule has 2 aliphatic rings. The Labute approximate surface area is 106 Å².